The molecule has 2 aliphatic rings. The van der Waals surface area contributed by atoms with Crippen LogP contribution >= 0.6 is 11.6 Å². The molecule has 2 aliphatic heterocycles. The maximum atomic E-state index is 13.6. The van der Waals surface area contributed by atoms with Gasteiger partial charge in [0.05, 0.1) is 36.4 Å². The van der Waals surface area contributed by atoms with Crippen molar-refractivity contribution in [3.05, 3.63) is 87.4 Å². The van der Waals surface area contributed by atoms with Crippen molar-refractivity contribution in [3.8, 4) is 23.0 Å². The van der Waals surface area contributed by atoms with Crippen LogP contribution in [0.1, 0.15) is 49.1 Å². The monoisotopic (exact) mass is 563 g/mol. The molecule has 40 heavy (non-hydrogen) atoms. The molecule has 3 aromatic carbocycles. The van der Waals surface area contributed by atoms with Crippen LogP contribution in [0.25, 0.3) is 5.76 Å². The van der Waals surface area contributed by atoms with Crippen LogP contribution in [0.5, 0.6) is 23.0 Å². The van der Waals surface area contributed by atoms with Crippen molar-refractivity contribution < 1.29 is 33.6 Å². The minimum atomic E-state index is -0.870. The number of methoxy groups -OCH3 is 2. The van der Waals surface area contributed by atoms with Crippen molar-refractivity contribution in [2.45, 2.75) is 38.8 Å². The second-order valence-electron chi connectivity index (χ2n) is 10.7. The van der Waals surface area contributed by atoms with Crippen LogP contribution in [0.2, 0.25) is 5.02 Å². The van der Waals surface area contributed by atoms with Gasteiger partial charge in [0.1, 0.15) is 17.3 Å². The van der Waals surface area contributed by atoms with Crippen molar-refractivity contribution in [1.29, 1.82) is 0 Å². The van der Waals surface area contributed by atoms with Gasteiger partial charge < -0.3 is 29.0 Å². The molecule has 1 unspecified atom stereocenters. The van der Waals surface area contributed by atoms with Crippen LogP contribution in [0.15, 0.2) is 60.2 Å². The maximum Gasteiger partial charge on any atom is 0.295 e. The number of likely N-dealkylation sites (tertiary alicyclic amines) is 1. The number of amides is 1. The molecule has 0 saturated carbocycles. The van der Waals surface area contributed by atoms with Crippen molar-refractivity contribution >= 4 is 29.1 Å². The lowest BCUT2D eigenvalue weighted by Gasteiger charge is -2.27. The summed E-state index contributed by atoms with van der Waals surface area (Å²) in [5.41, 5.74) is 2.52. The molecule has 0 aromatic heterocycles. The summed E-state index contributed by atoms with van der Waals surface area (Å²) in [5.74, 6) is -0.172. The van der Waals surface area contributed by atoms with E-state index in [4.69, 9.17) is 30.5 Å². The Kier molecular flexibility index (Phi) is 7.14. The van der Waals surface area contributed by atoms with E-state index in [1.54, 1.807) is 12.1 Å². The molecular weight excluding hydrogens is 534 g/mol. The van der Waals surface area contributed by atoms with Gasteiger partial charge in [0.15, 0.2) is 11.5 Å². The number of halogens is 1. The molecule has 1 amide bonds. The Morgan fingerprint density at radius 2 is 1.65 bits per heavy atom. The first kappa shape index (κ1) is 27.4. The molecule has 1 fully saturated rings. The van der Waals surface area contributed by atoms with Crippen LogP contribution < -0.4 is 18.9 Å². The Morgan fingerprint density at radius 1 is 0.975 bits per heavy atom. The number of carbonyl (C=O) groups is 2. The Labute approximate surface area is 237 Å². The van der Waals surface area contributed by atoms with Crippen LogP contribution in [-0.2, 0) is 21.5 Å². The van der Waals surface area contributed by atoms with Crippen molar-refractivity contribution in [2.24, 2.45) is 0 Å². The number of Topliss-reactive ketones (excluding diaryl/α,β-unsaturated/α-hetero) is 1. The number of hydrogen-bond donors (Lipinski definition) is 1. The van der Waals surface area contributed by atoms with E-state index in [0.29, 0.717) is 22.8 Å². The zero-order valence-electron chi connectivity index (χ0n) is 22.9. The summed E-state index contributed by atoms with van der Waals surface area (Å²) in [6, 6.07) is 15.2. The standard InChI is InChI=1S/C31H30ClNO7/c1-31(2,3)19-9-7-18(8-10-19)27-26(28(34)20-13-21(32)24(38-5)14-23(20)37-4)29(35)30(36)33(27)15-17-6-11-22-25(12-17)40-16-39-22/h6-14,27,34H,15-16H2,1-5H3/b28-26+. The SMILES string of the molecule is COc1cc(OC)c(/C(O)=C2\C(=O)C(=O)N(Cc3ccc4c(c3)OCO4)C2c2ccc(C(C)(C)C)cc2)cc1Cl. The average Bonchev–Trinajstić information content (AvgIpc) is 3.50. The molecule has 208 valence electrons. The second-order valence-corrected chi connectivity index (χ2v) is 11.1. The summed E-state index contributed by atoms with van der Waals surface area (Å²) in [6.45, 7) is 6.54. The van der Waals surface area contributed by atoms with E-state index in [1.807, 2.05) is 30.3 Å². The van der Waals surface area contributed by atoms with E-state index in [9.17, 15) is 14.7 Å². The number of aliphatic hydroxyl groups excluding tert-OH is 1. The summed E-state index contributed by atoms with van der Waals surface area (Å²) in [7, 11) is 2.89. The Bertz CT molecular complexity index is 1520. The van der Waals surface area contributed by atoms with Gasteiger partial charge in [-0.3, -0.25) is 9.59 Å². The highest BCUT2D eigenvalue weighted by Gasteiger charge is 2.46. The van der Waals surface area contributed by atoms with Gasteiger partial charge in [0, 0.05) is 12.6 Å². The largest absolute Gasteiger partial charge is 0.507 e. The molecule has 9 heteroatoms. The molecule has 8 nitrogen and oxygen atoms in total. The third-order valence-corrected chi connectivity index (χ3v) is 7.45. The van der Waals surface area contributed by atoms with E-state index in [2.05, 4.69) is 20.8 Å². The quantitative estimate of drug-likeness (QED) is 0.223. The van der Waals surface area contributed by atoms with Crippen LogP contribution in [0, 0.1) is 0 Å². The number of carbonyl (C=O) groups excluding carboxylic acids is 2. The highest BCUT2D eigenvalue weighted by Crippen LogP contribution is 2.44. The molecule has 0 bridgehead atoms. The zero-order chi connectivity index (χ0) is 28.8. The molecule has 0 radical (unpaired) electrons. The number of nitrogens with zero attached hydrogens (tertiary/aromatic N) is 1. The zero-order valence-corrected chi connectivity index (χ0v) is 23.7. The summed E-state index contributed by atoms with van der Waals surface area (Å²) < 4.78 is 21.7. The molecule has 1 N–H and O–H groups in total. The number of rotatable bonds is 6. The molecule has 1 saturated heterocycles. The van der Waals surface area contributed by atoms with Crippen LogP contribution in [-0.4, -0.2) is 42.7 Å². The molecule has 1 atom stereocenters. The Balaban J connectivity index is 1.66. The predicted octanol–water partition coefficient (Wildman–Crippen LogP) is 6.01. The number of ether oxygens (including phenoxy) is 4. The summed E-state index contributed by atoms with van der Waals surface area (Å²) in [5, 5.41) is 11.8. The first-order valence-electron chi connectivity index (χ1n) is 12.7. The predicted molar refractivity (Wildman–Crippen MR) is 150 cm³/mol. The maximum absolute atomic E-state index is 13.6. The van der Waals surface area contributed by atoms with Gasteiger partial charge in [-0.2, -0.15) is 0 Å². The molecule has 0 spiro atoms. The van der Waals surface area contributed by atoms with Crippen LogP contribution in [0.3, 0.4) is 0 Å². The lowest BCUT2D eigenvalue weighted by atomic mass is 9.85. The summed E-state index contributed by atoms with van der Waals surface area (Å²) >= 11 is 6.37. The van der Waals surface area contributed by atoms with E-state index in [-0.39, 0.29) is 40.7 Å². The Hall–Kier alpha value is -4.17. The van der Waals surface area contributed by atoms with E-state index in [0.717, 1.165) is 11.1 Å². The molecule has 0 aliphatic carbocycles. The fraction of sp³-hybridized carbons (Fsp3) is 0.290. The van der Waals surface area contributed by atoms with Gasteiger partial charge in [-0.15, -0.1) is 0 Å². The normalized spacial score (nSPS) is 17.9. The highest BCUT2D eigenvalue weighted by atomic mass is 35.5. The Morgan fingerprint density at radius 3 is 2.30 bits per heavy atom. The van der Waals surface area contributed by atoms with Crippen LogP contribution in [0.4, 0.5) is 0 Å². The summed E-state index contributed by atoms with van der Waals surface area (Å²) in [6.07, 6.45) is 0. The molecule has 5 rings (SSSR count). The number of aliphatic hydroxyl groups is 1. The molecular formula is C31H30ClNO7. The van der Waals surface area contributed by atoms with Gasteiger partial charge in [-0.1, -0.05) is 62.7 Å². The van der Waals surface area contributed by atoms with E-state index in [1.165, 1.54) is 31.3 Å². The minimum Gasteiger partial charge on any atom is -0.507 e. The minimum absolute atomic E-state index is 0.0613. The third kappa shape index (κ3) is 4.84. The van der Waals surface area contributed by atoms with Crippen molar-refractivity contribution in [3.63, 3.8) is 0 Å². The fourth-order valence-electron chi connectivity index (χ4n) is 4.98. The van der Waals surface area contributed by atoms with Crippen molar-refractivity contribution in [2.75, 3.05) is 21.0 Å². The topological polar surface area (TPSA) is 94.5 Å². The van der Waals surface area contributed by atoms with Gasteiger partial charge in [0.25, 0.3) is 11.7 Å². The highest BCUT2D eigenvalue weighted by molar-refractivity contribution is 6.46. The first-order chi connectivity index (χ1) is 19.0. The van der Waals surface area contributed by atoms with Gasteiger partial charge in [0.2, 0.25) is 6.79 Å². The number of fused-ring (bicyclic) bond motifs is 1. The average molecular weight is 564 g/mol. The lowest BCUT2D eigenvalue weighted by Crippen LogP contribution is -2.29. The van der Waals surface area contributed by atoms with Gasteiger partial charge >= 0.3 is 0 Å². The second kappa shape index (κ2) is 10.4. The van der Waals surface area contributed by atoms with E-state index < -0.39 is 23.5 Å². The number of benzene rings is 3. The number of hydrogen-bond acceptors (Lipinski definition) is 7. The fourth-order valence-corrected chi connectivity index (χ4v) is 5.22. The van der Waals surface area contributed by atoms with E-state index >= 15 is 0 Å². The van der Waals surface area contributed by atoms with Crippen molar-refractivity contribution in [1.82, 2.24) is 4.90 Å². The van der Waals surface area contributed by atoms with Gasteiger partial charge in [-0.05, 0) is 40.3 Å². The first-order valence-corrected chi connectivity index (χ1v) is 13.1. The third-order valence-electron chi connectivity index (χ3n) is 7.15. The molecule has 3 aromatic rings. The number of ketones is 1. The lowest BCUT2D eigenvalue weighted by molar-refractivity contribution is -0.140. The molecule has 2 heterocycles. The smallest absolute Gasteiger partial charge is 0.295 e. The summed E-state index contributed by atoms with van der Waals surface area (Å²) in [4.78, 5) is 28.5. The van der Waals surface area contributed by atoms with Gasteiger partial charge in [-0.25, -0.2) is 0 Å².